The monoisotopic (exact) mass is 208 g/mol. The number of nitrogens with two attached hydrogens (primary N) is 1. The van der Waals surface area contributed by atoms with Crippen molar-refractivity contribution in [1.82, 2.24) is 5.16 Å². The summed E-state index contributed by atoms with van der Waals surface area (Å²) in [5.74, 6) is 2.38. The fraction of sp³-hybridized carbons (Fsp3) is 0.750. The van der Waals surface area contributed by atoms with Crippen LogP contribution in [0.25, 0.3) is 0 Å². The van der Waals surface area contributed by atoms with E-state index in [9.17, 15) is 0 Å². The molecule has 3 heteroatoms. The Morgan fingerprint density at radius 2 is 2.40 bits per heavy atom. The Bertz CT molecular complexity index is 308. The maximum atomic E-state index is 5.48. The minimum absolute atomic E-state index is 0.615. The molecule has 1 heterocycles. The molecule has 15 heavy (non-hydrogen) atoms. The highest BCUT2D eigenvalue weighted by molar-refractivity contribution is 5.11. The van der Waals surface area contributed by atoms with Gasteiger partial charge in [0.15, 0.2) is 0 Å². The average molecular weight is 208 g/mol. The van der Waals surface area contributed by atoms with E-state index < -0.39 is 0 Å². The summed E-state index contributed by atoms with van der Waals surface area (Å²) in [5.41, 5.74) is 6.63. The van der Waals surface area contributed by atoms with Gasteiger partial charge in [-0.1, -0.05) is 24.9 Å². The maximum absolute atomic E-state index is 5.48. The summed E-state index contributed by atoms with van der Waals surface area (Å²) in [6.45, 7) is 2.96. The fourth-order valence-electron chi connectivity index (χ4n) is 2.48. The molecule has 0 aliphatic heterocycles. The lowest BCUT2D eigenvalue weighted by atomic mass is 9.81. The molecule has 2 rings (SSSR count). The average Bonchev–Trinajstić information content (AvgIpc) is 2.67. The molecular formula is C12H20N2O. The van der Waals surface area contributed by atoms with Gasteiger partial charge in [0.2, 0.25) is 0 Å². The van der Waals surface area contributed by atoms with Gasteiger partial charge in [0.05, 0.1) is 5.69 Å². The summed E-state index contributed by atoms with van der Waals surface area (Å²) >= 11 is 0. The predicted octanol–water partition coefficient (Wildman–Crippen LogP) is 2.47. The largest absolute Gasteiger partial charge is 0.361 e. The zero-order valence-electron chi connectivity index (χ0n) is 9.41. The van der Waals surface area contributed by atoms with Crippen LogP contribution in [0.3, 0.4) is 0 Å². The molecule has 1 aromatic rings. The smallest absolute Gasteiger partial charge is 0.138 e. The van der Waals surface area contributed by atoms with Gasteiger partial charge in [-0.15, -0.1) is 0 Å². The van der Waals surface area contributed by atoms with Crippen LogP contribution in [0.1, 0.15) is 50.0 Å². The third-order valence-electron chi connectivity index (χ3n) is 3.32. The molecule has 1 aliphatic carbocycles. The van der Waals surface area contributed by atoms with Crippen LogP contribution in [0.4, 0.5) is 0 Å². The van der Waals surface area contributed by atoms with Crippen molar-refractivity contribution in [1.29, 1.82) is 0 Å². The van der Waals surface area contributed by atoms with Crippen molar-refractivity contribution in [3.8, 4) is 0 Å². The van der Waals surface area contributed by atoms with Crippen LogP contribution in [-0.2, 0) is 6.42 Å². The second-order valence-electron chi connectivity index (χ2n) is 4.73. The molecule has 2 N–H and O–H groups in total. The van der Waals surface area contributed by atoms with Gasteiger partial charge in [-0.2, -0.15) is 0 Å². The van der Waals surface area contributed by atoms with Gasteiger partial charge in [-0.25, -0.2) is 0 Å². The van der Waals surface area contributed by atoms with Crippen LogP contribution in [-0.4, -0.2) is 11.7 Å². The molecule has 2 unspecified atom stereocenters. The van der Waals surface area contributed by atoms with Gasteiger partial charge in [0.1, 0.15) is 5.76 Å². The Morgan fingerprint density at radius 3 is 3.13 bits per heavy atom. The van der Waals surface area contributed by atoms with E-state index in [1.807, 2.05) is 0 Å². The summed E-state index contributed by atoms with van der Waals surface area (Å²) in [7, 11) is 0. The molecule has 3 nitrogen and oxygen atoms in total. The number of nitrogens with zero attached hydrogens (tertiary/aromatic N) is 1. The number of hydrogen-bond donors (Lipinski definition) is 1. The van der Waals surface area contributed by atoms with Crippen molar-refractivity contribution in [2.24, 2.45) is 11.7 Å². The van der Waals surface area contributed by atoms with Crippen LogP contribution in [0.5, 0.6) is 0 Å². The third kappa shape index (κ3) is 2.59. The van der Waals surface area contributed by atoms with Crippen molar-refractivity contribution >= 4 is 0 Å². The molecule has 1 saturated carbocycles. The molecule has 0 saturated heterocycles. The van der Waals surface area contributed by atoms with E-state index in [-0.39, 0.29) is 0 Å². The SMILES string of the molecule is CC1CCCC(c2cc(CCN)on2)C1. The summed E-state index contributed by atoms with van der Waals surface area (Å²) < 4.78 is 5.26. The molecule has 0 radical (unpaired) electrons. The minimum atomic E-state index is 0.615. The van der Waals surface area contributed by atoms with Crippen LogP contribution in [0.2, 0.25) is 0 Å². The molecule has 1 fully saturated rings. The van der Waals surface area contributed by atoms with Gasteiger partial charge in [0.25, 0.3) is 0 Å². The molecule has 2 atom stereocenters. The Hall–Kier alpha value is -0.830. The van der Waals surface area contributed by atoms with Crippen LogP contribution >= 0.6 is 0 Å². The van der Waals surface area contributed by atoms with E-state index in [0.29, 0.717) is 12.5 Å². The van der Waals surface area contributed by atoms with Gasteiger partial charge in [0, 0.05) is 18.4 Å². The first-order valence-corrected chi connectivity index (χ1v) is 5.95. The summed E-state index contributed by atoms with van der Waals surface area (Å²) in [4.78, 5) is 0. The van der Waals surface area contributed by atoms with Crippen molar-refractivity contribution < 1.29 is 4.52 Å². The first-order chi connectivity index (χ1) is 7.29. The predicted molar refractivity (Wildman–Crippen MR) is 59.6 cm³/mol. The van der Waals surface area contributed by atoms with Crippen LogP contribution in [0, 0.1) is 5.92 Å². The third-order valence-corrected chi connectivity index (χ3v) is 3.32. The van der Waals surface area contributed by atoms with Crippen molar-refractivity contribution in [2.45, 2.75) is 44.9 Å². The Morgan fingerprint density at radius 1 is 1.53 bits per heavy atom. The summed E-state index contributed by atoms with van der Waals surface area (Å²) in [6, 6.07) is 2.09. The second kappa shape index (κ2) is 4.79. The molecule has 0 aromatic carbocycles. The lowest BCUT2D eigenvalue weighted by molar-refractivity contribution is 0.320. The molecule has 0 amide bonds. The quantitative estimate of drug-likeness (QED) is 0.830. The van der Waals surface area contributed by atoms with E-state index in [1.165, 1.54) is 25.7 Å². The Balaban J connectivity index is 2.01. The Kier molecular flexibility index (Phi) is 3.41. The molecule has 0 bridgehead atoms. The second-order valence-corrected chi connectivity index (χ2v) is 4.73. The Labute approximate surface area is 91.0 Å². The molecule has 1 aliphatic rings. The van der Waals surface area contributed by atoms with Crippen molar-refractivity contribution in [2.75, 3.05) is 6.54 Å². The van der Waals surface area contributed by atoms with E-state index in [4.69, 9.17) is 10.3 Å². The van der Waals surface area contributed by atoms with E-state index in [1.54, 1.807) is 0 Å². The van der Waals surface area contributed by atoms with E-state index in [2.05, 4.69) is 18.1 Å². The first kappa shape index (κ1) is 10.7. The molecular weight excluding hydrogens is 188 g/mol. The van der Waals surface area contributed by atoms with Crippen LogP contribution in [0.15, 0.2) is 10.6 Å². The number of aromatic nitrogens is 1. The zero-order chi connectivity index (χ0) is 10.7. The maximum Gasteiger partial charge on any atom is 0.138 e. The normalized spacial score (nSPS) is 26.8. The number of hydrogen-bond acceptors (Lipinski definition) is 3. The van der Waals surface area contributed by atoms with E-state index in [0.717, 1.165) is 23.8 Å². The number of rotatable bonds is 3. The lowest BCUT2D eigenvalue weighted by Crippen LogP contribution is -2.11. The zero-order valence-corrected chi connectivity index (χ0v) is 9.41. The van der Waals surface area contributed by atoms with Gasteiger partial charge in [-0.3, -0.25) is 0 Å². The molecule has 0 spiro atoms. The fourth-order valence-corrected chi connectivity index (χ4v) is 2.48. The summed E-state index contributed by atoms with van der Waals surface area (Å²) in [6.07, 6.45) is 6.01. The summed E-state index contributed by atoms with van der Waals surface area (Å²) in [5, 5.41) is 4.16. The highest BCUT2D eigenvalue weighted by Gasteiger charge is 2.23. The van der Waals surface area contributed by atoms with Gasteiger partial charge >= 0.3 is 0 Å². The van der Waals surface area contributed by atoms with Crippen molar-refractivity contribution in [3.05, 3.63) is 17.5 Å². The molecule has 84 valence electrons. The van der Waals surface area contributed by atoms with Crippen LogP contribution < -0.4 is 5.73 Å². The standard InChI is InChI=1S/C12H20N2O/c1-9-3-2-4-10(7-9)12-8-11(5-6-13)15-14-12/h8-10H,2-7,13H2,1H3. The topological polar surface area (TPSA) is 52.0 Å². The highest BCUT2D eigenvalue weighted by atomic mass is 16.5. The van der Waals surface area contributed by atoms with Gasteiger partial charge in [-0.05, 0) is 25.3 Å². The molecule has 1 aromatic heterocycles. The van der Waals surface area contributed by atoms with Crippen molar-refractivity contribution in [3.63, 3.8) is 0 Å². The van der Waals surface area contributed by atoms with E-state index >= 15 is 0 Å². The first-order valence-electron chi connectivity index (χ1n) is 5.95. The highest BCUT2D eigenvalue weighted by Crippen LogP contribution is 2.35. The van der Waals surface area contributed by atoms with Gasteiger partial charge < -0.3 is 10.3 Å². The minimum Gasteiger partial charge on any atom is -0.361 e. The lowest BCUT2D eigenvalue weighted by Gasteiger charge is -2.24.